The highest BCUT2D eigenvalue weighted by Gasteiger charge is 2.14. The predicted molar refractivity (Wildman–Crippen MR) is 79.8 cm³/mol. The zero-order chi connectivity index (χ0) is 15.6. The molecule has 0 saturated heterocycles. The molecule has 0 saturated carbocycles. The molecule has 0 unspecified atom stereocenters. The van der Waals surface area contributed by atoms with E-state index in [2.05, 4.69) is 4.98 Å². The number of aromatic nitrogens is 1. The van der Waals surface area contributed by atoms with Gasteiger partial charge in [0.15, 0.2) is 0 Å². The van der Waals surface area contributed by atoms with E-state index in [4.69, 9.17) is 4.74 Å². The molecular weight excluding hydrogens is 272 g/mol. The maximum atomic E-state index is 11.6. The van der Waals surface area contributed by atoms with Crippen molar-refractivity contribution in [2.75, 3.05) is 0 Å². The van der Waals surface area contributed by atoms with Gasteiger partial charge in [0, 0.05) is 40.9 Å². The van der Waals surface area contributed by atoms with Gasteiger partial charge in [0.25, 0.3) is 5.69 Å². The van der Waals surface area contributed by atoms with Crippen LogP contribution in [0.15, 0.2) is 30.5 Å². The molecule has 1 heterocycles. The van der Waals surface area contributed by atoms with E-state index in [0.717, 1.165) is 5.52 Å². The Labute approximate surface area is 121 Å². The summed E-state index contributed by atoms with van der Waals surface area (Å²) in [5.74, 6) is -0.456. The first kappa shape index (κ1) is 14.8. The van der Waals surface area contributed by atoms with Crippen LogP contribution in [0.2, 0.25) is 0 Å². The number of nitrogens with one attached hydrogen (secondary N) is 1. The molecule has 2 rings (SSSR count). The number of nitro groups is 1. The van der Waals surface area contributed by atoms with E-state index in [1.165, 1.54) is 18.2 Å². The molecule has 2 aromatic rings. The molecule has 0 spiro atoms. The monoisotopic (exact) mass is 288 g/mol. The lowest BCUT2D eigenvalue weighted by atomic mass is 10.1. The maximum absolute atomic E-state index is 11.6. The zero-order valence-electron chi connectivity index (χ0n) is 12.0. The lowest BCUT2D eigenvalue weighted by Crippen LogP contribution is -2.22. The summed E-state index contributed by atoms with van der Waals surface area (Å²) in [6, 6.07) is 4.54. The number of aromatic amines is 1. The van der Waals surface area contributed by atoms with E-state index in [9.17, 15) is 14.9 Å². The zero-order valence-corrected chi connectivity index (χ0v) is 12.0. The lowest BCUT2D eigenvalue weighted by Gasteiger charge is -2.17. The fourth-order valence-corrected chi connectivity index (χ4v) is 1.88. The molecule has 0 aliphatic rings. The van der Waals surface area contributed by atoms with Gasteiger partial charge in [-0.1, -0.05) is 0 Å². The van der Waals surface area contributed by atoms with Gasteiger partial charge in [0.1, 0.15) is 5.60 Å². The van der Waals surface area contributed by atoms with Crippen molar-refractivity contribution < 1.29 is 14.5 Å². The number of ether oxygens (including phenoxy) is 1. The molecular formula is C15H16N2O4. The van der Waals surface area contributed by atoms with E-state index < -0.39 is 16.5 Å². The summed E-state index contributed by atoms with van der Waals surface area (Å²) in [4.78, 5) is 25.0. The van der Waals surface area contributed by atoms with Crippen LogP contribution in [-0.2, 0) is 9.53 Å². The van der Waals surface area contributed by atoms with Gasteiger partial charge in [-0.15, -0.1) is 0 Å². The van der Waals surface area contributed by atoms with Gasteiger partial charge in [-0.25, -0.2) is 4.79 Å². The molecule has 1 N–H and O–H groups in total. The van der Waals surface area contributed by atoms with Gasteiger partial charge >= 0.3 is 5.97 Å². The van der Waals surface area contributed by atoms with E-state index in [0.29, 0.717) is 10.9 Å². The van der Waals surface area contributed by atoms with E-state index in [-0.39, 0.29) is 5.69 Å². The van der Waals surface area contributed by atoms with Crippen molar-refractivity contribution in [3.8, 4) is 0 Å². The Morgan fingerprint density at radius 3 is 2.71 bits per heavy atom. The molecule has 6 nitrogen and oxygen atoms in total. The Balaban J connectivity index is 2.28. The number of esters is 1. The van der Waals surface area contributed by atoms with Crippen molar-refractivity contribution in [3.63, 3.8) is 0 Å². The SMILES string of the molecule is CC(C)(C)OC(=O)/C=C/c1c[nH]c2ccc([N+](=O)[O-])cc12. The second-order valence-electron chi connectivity index (χ2n) is 5.60. The Hall–Kier alpha value is -2.63. The first-order valence-corrected chi connectivity index (χ1v) is 6.43. The smallest absolute Gasteiger partial charge is 0.331 e. The summed E-state index contributed by atoms with van der Waals surface area (Å²) in [7, 11) is 0. The molecule has 0 fully saturated rings. The minimum absolute atomic E-state index is 0.00835. The topological polar surface area (TPSA) is 85.2 Å². The number of hydrogen-bond acceptors (Lipinski definition) is 4. The van der Waals surface area contributed by atoms with Gasteiger partial charge in [-0.2, -0.15) is 0 Å². The number of rotatable bonds is 3. The highest BCUT2D eigenvalue weighted by Crippen LogP contribution is 2.24. The summed E-state index contributed by atoms with van der Waals surface area (Å²) >= 11 is 0. The van der Waals surface area contributed by atoms with E-state index in [1.54, 1.807) is 39.1 Å². The van der Waals surface area contributed by atoms with Gasteiger partial charge < -0.3 is 9.72 Å². The van der Waals surface area contributed by atoms with Crippen molar-refractivity contribution in [2.45, 2.75) is 26.4 Å². The molecule has 0 atom stereocenters. The third-order valence-corrected chi connectivity index (χ3v) is 2.71. The lowest BCUT2D eigenvalue weighted by molar-refractivity contribution is -0.384. The highest BCUT2D eigenvalue weighted by atomic mass is 16.6. The summed E-state index contributed by atoms with van der Waals surface area (Å²) < 4.78 is 5.17. The average molecular weight is 288 g/mol. The van der Waals surface area contributed by atoms with Crippen molar-refractivity contribution in [1.29, 1.82) is 0 Å². The molecule has 0 aliphatic heterocycles. The van der Waals surface area contributed by atoms with E-state index in [1.807, 2.05) is 0 Å². The molecule has 21 heavy (non-hydrogen) atoms. The largest absolute Gasteiger partial charge is 0.457 e. The standard InChI is InChI=1S/C15H16N2O4/c1-15(2,3)21-14(18)7-4-10-9-16-13-6-5-11(17(19)20)8-12(10)13/h4-9,16H,1-3H3/b7-4+. The third kappa shape index (κ3) is 3.68. The van der Waals surface area contributed by atoms with Crippen molar-refractivity contribution in [1.82, 2.24) is 4.98 Å². The molecule has 0 aliphatic carbocycles. The van der Waals surface area contributed by atoms with Crippen LogP contribution in [0.4, 0.5) is 5.69 Å². The molecule has 0 bridgehead atoms. The van der Waals surface area contributed by atoms with Gasteiger partial charge in [0.2, 0.25) is 0 Å². The summed E-state index contributed by atoms with van der Waals surface area (Å²) in [5, 5.41) is 11.5. The molecule has 0 radical (unpaired) electrons. The Morgan fingerprint density at radius 2 is 2.10 bits per heavy atom. The van der Waals surface area contributed by atoms with Gasteiger partial charge in [-0.05, 0) is 32.9 Å². The number of nitro benzene ring substituents is 1. The Bertz CT molecular complexity index is 723. The number of non-ortho nitro benzene ring substituents is 1. The first-order chi connectivity index (χ1) is 9.76. The van der Waals surface area contributed by atoms with Crippen molar-refractivity contribution in [3.05, 3.63) is 46.1 Å². The molecule has 0 amide bonds. The van der Waals surface area contributed by atoms with Crippen LogP contribution in [0.25, 0.3) is 17.0 Å². The fourth-order valence-electron chi connectivity index (χ4n) is 1.88. The van der Waals surface area contributed by atoms with Crippen LogP contribution in [0.1, 0.15) is 26.3 Å². The third-order valence-electron chi connectivity index (χ3n) is 2.71. The minimum Gasteiger partial charge on any atom is -0.457 e. The Morgan fingerprint density at radius 1 is 1.38 bits per heavy atom. The molecule has 110 valence electrons. The normalized spacial score (nSPS) is 12.0. The van der Waals surface area contributed by atoms with Crippen molar-refractivity contribution >= 4 is 28.6 Å². The van der Waals surface area contributed by atoms with Crippen LogP contribution in [0.3, 0.4) is 0 Å². The average Bonchev–Trinajstić information content (AvgIpc) is 2.76. The first-order valence-electron chi connectivity index (χ1n) is 6.43. The number of benzene rings is 1. The van der Waals surface area contributed by atoms with Gasteiger partial charge in [-0.3, -0.25) is 10.1 Å². The molecule has 1 aromatic carbocycles. The number of carbonyl (C=O) groups is 1. The van der Waals surface area contributed by atoms with Crippen LogP contribution in [0.5, 0.6) is 0 Å². The Kier molecular flexibility index (Phi) is 3.80. The van der Waals surface area contributed by atoms with Gasteiger partial charge in [0.05, 0.1) is 4.92 Å². The summed E-state index contributed by atoms with van der Waals surface area (Å²) in [6.07, 6.45) is 4.58. The number of H-pyrrole nitrogens is 1. The molecule has 6 heteroatoms. The van der Waals surface area contributed by atoms with Crippen LogP contribution in [0, 0.1) is 10.1 Å². The van der Waals surface area contributed by atoms with Crippen LogP contribution in [-0.4, -0.2) is 21.5 Å². The second-order valence-corrected chi connectivity index (χ2v) is 5.60. The van der Waals surface area contributed by atoms with Crippen molar-refractivity contribution in [2.24, 2.45) is 0 Å². The predicted octanol–water partition coefficient (Wildman–Crippen LogP) is 3.43. The molecule has 1 aromatic heterocycles. The summed E-state index contributed by atoms with van der Waals surface area (Å²) in [5.41, 5.74) is 0.915. The number of hydrogen-bond donors (Lipinski definition) is 1. The van der Waals surface area contributed by atoms with Crippen LogP contribution >= 0.6 is 0 Å². The number of nitrogens with zero attached hydrogens (tertiary/aromatic N) is 1. The fraction of sp³-hybridized carbons (Fsp3) is 0.267. The minimum atomic E-state index is -0.555. The number of carbonyl (C=O) groups excluding carboxylic acids is 1. The highest BCUT2D eigenvalue weighted by molar-refractivity contribution is 5.94. The van der Waals surface area contributed by atoms with Crippen LogP contribution < -0.4 is 0 Å². The number of fused-ring (bicyclic) bond motifs is 1. The van der Waals surface area contributed by atoms with E-state index >= 15 is 0 Å². The maximum Gasteiger partial charge on any atom is 0.331 e. The summed E-state index contributed by atoms with van der Waals surface area (Å²) in [6.45, 7) is 5.36. The second kappa shape index (κ2) is 5.40. The quantitative estimate of drug-likeness (QED) is 0.406.